The molecule has 0 radical (unpaired) electrons. The summed E-state index contributed by atoms with van der Waals surface area (Å²) in [6, 6.07) is 14.2. The zero-order valence-electron chi connectivity index (χ0n) is 14.7. The van der Waals surface area contributed by atoms with E-state index >= 15 is 0 Å². The summed E-state index contributed by atoms with van der Waals surface area (Å²) in [5.74, 6) is -0.128. The number of para-hydroxylation sites is 1. The smallest absolute Gasteiger partial charge is 0.331 e. The van der Waals surface area contributed by atoms with Crippen molar-refractivity contribution in [1.82, 2.24) is 4.90 Å². The minimum Gasteiger partial charge on any atom is -0.464 e. The number of carbonyl (C=O) groups excluding carboxylic acids is 1. The lowest BCUT2D eigenvalue weighted by molar-refractivity contribution is -0.150. The van der Waals surface area contributed by atoms with Crippen LogP contribution in [0.4, 0.5) is 5.69 Å². The molecular formula is C20H26N2O2S. The van der Waals surface area contributed by atoms with E-state index in [9.17, 15) is 4.79 Å². The van der Waals surface area contributed by atoms with E-state index in [1.165, 1.54) is 4.88 Å². The lowest BCUT2D eigenvalue weighted by Crippen LogP contribution is -2.55. The number of likely N-dealkylation sites (tertiary alicyclic amines) is 1. The molecule has 0 amide bonds. The summed E-state index contributed by atoms with van der Waals surface area (Å²) in [5.41, 5.74) is 0.360. The lowest BCUT2D eigenvalue weighted by Gasteiger charge is -2.41. The number of ether oxygens (including phenoxy) is 1. The first-order valence-corrected chi connectivity index (χ1v) is 9.85. The van der Waals surface area contributed by atoms with Crippen LogP contribution in [-0.4, -0.2) is 42.6 Å². The van der Waals surface area contributed by atoms with Crippen LogP contribution in [0.5, 0.6) is 0 Å². The molecule has 1 aromatic heterocycles. The van der Waals surface area contributed by atoms with Crippen molar-refractivity contribution in [2.24, 2.45) is 0 Å². The van der Waals surface area contributed by atoms with Crippen molar-refractivity contribution in [2.45, 2.75) is 31.7 Å². The molecule has 0 unspecified atom stereocenters. The van der Waals surface area contributed by atoms with Crippen molar-refractivity contribution >= 4 is 23.0 Å². The predicted molar refractivity (Wildman–Crippen MR) is 103 cm³/mol. The van der Waals surface area contributed by atoms with Crippen LogP contribution in [0.25, 0.3) is 0 Å². The first kappa shape index (κ1) is 18.0. The highest BCUT2D eigenvalue weighted by Crippen LogP contribution is 2.29. The standard InChI is InChI=1S/C20H26N2O2S/c1-2-24-19(23)20(21-17-7-4-3-5-8-17)11-14-22(15-12-20)13-10-18-9-6-16-25-18/h3-9,16,21H,2,10-15H2,1H3. The summed E-state index contributed by atoms with van der Waals surface area (Å²) in [7, 11) is 0. The summed E-state index contributed by atoms with van der Waals surface area (Å²) in [5, 5.41) is 5.60. The van der Waals surface area contributed by atoms with Gasteiger partial charge in [-0.2, -0.15) is 0 Å². The number of thiophene rings is 1. The van der Waals surface area contributed by atoms with Crippen molar-refractivity contribution < 1.29 is 9.53 Å². The topological polar surface area (TPSA) is 41.6 Å². The monoisotopic (exact) mass is 358 g/mol. The number of benzene rings is 1. The molecule has 1 saturated heterocycles. The van der Waals surface area contributed by atoms with Crippen LogP contribution in [0.15, 0.2) is 47.8 Å². The summed E-state index contributed by atoms with van der Waals surface area (Å²) < 4.78 is 5.39. The highest BCUT2D eigenvalue weighted by molar-refractivity contribution is 7.09. The van der Waals surface area contributed by atoms with Gasteiger partial charge in [-0.1, -0.05) is 24.3 Å². The first-order valence-electron chi connectivity index (χ1n) is 8.97. The molecule has 0 atom stereocenters. The van der Waals surface area contributed by atoms with Crippen LogP contribution in [-0.2, 0) is 16.0 Å². The molecule has 0 spiro atoms. The second kappa shape index (κ2) is 8.50. The fourth-order valence-corrected chi connectivity index (χ4v) is 4.03. The van der Waals surface area contributed by atoms with E-state index < -0.39 is 5.54 Å². The van der Waals surface area contributed by atoms with E-state index in [1.807, 2.05) is 48.6 Å². The SMILES string of the molecule is CCOC(=O)C1(Nc2ccccc2)CCN(CCc2cccs2)CC1. The van der Waals surface area contributed by atoms with Gasteiger partial charge in [0.2, 0.25) is 0 Å². The Morgan fingerprint density at radius 2 is 1.96 bits per heavy atom. The van der Waals surface area contributed by atoms with E-state index in [-0.39, 0.29) is 5.97 Å². The molecule has 0 aliphatic carbocycles. The molecule has 2 heterocycles. The predicted octanol–water partition coefficient (Wildman–Crippen LogP) is 3.80. The Balaban J connectivity index is 1.62. The second-order valence-electron chi connectivity index (χ2n) is 6.46. The molecule has 3 rings (SSSR count). The van der Waals surface area contributed by atoms with Gasteiger partial charge in [0.25, 0.3) is 0 Å². The summed E-state index contributed by atoms with van der Waals surface area (Å²) in [6.07, 6.45) is 2.62. The summed E-state index contributed by atoms with van der Waals surface area (Å²) in [6.45, 7) is 5.14. The van der Waals surface area contributed by atoms with Crippen molar-refractivity contribution in [3.05, 3.63) is 52.7 Å². The van der Waals surface area contributed by atoms with Crippen molar-refractivity contribution in [3.63, 3.8) is 0 Å². The number of nitrogens with zero attached hydrogens (tertiary/aromatic N) is 1. The third kappa shape index (κ3) is 4.61. The highest BCUT2D eigenvalue weighted by atomic mass is 32.1. The van der Waals surface area contributed by atoms with Crippen LogP contribution in [0.2, 0.25) is 0 Å². The number of esters is 1. The molecule has 0 bridgehead atoms. The molecular weight excluding hydrogens is 332 g/mol. The molecule has 0 saturated carbocycles. The van der Waals surface area contributed by atoms with Crippen molar-refractivity contribution in [1.29, 1.82) is 0 Å². The number of rotatable bonds is 7. The minimum absolute atomic E-state index is 0.128. The Hall–Kier alpha value is -1.85. The number of anilines is 1. The van der Waals surface area contributed by atoms with Crippen molar-refractivity contribution in [2.75, 3.05) is 31.6 Å². The molecule has 5 heteroatoms. The summed E-state index contributed by atoms with van der Waals surface area (Å²) >= 11 is 1.81. The average molecular weight is 359 g/mol. The van der Waals surface area contributed by atoms with E-state index in [1.54, 1.807) is 0 Å². The molecule has 1 aliphatic rings. The molecule has 4 nitrogen and oxygen atoms in total. The van der Waals surface area contributed by atoms with Gasteiger partial charge in [-0.05, 0) is 49.8 Å². The van der Waals surface area contributed by atoms with E-state index in [0.29, 0.717) is 6.61 Å². The van der Waals surface area contributed by atoms with Gasteiger partial charge >= 0.3 is 5.97 Å². The molecule has 1 aromatic carbocycles. The minimum atomic E-state index is -0.614. The maximum Gasteiger partial charge on any atom is 0.331 e. The Morgan fingerprint density at radius 1 is 1.20 bits per heavy atom. The maximum atomic E-state index is 12.7. The first-order chi connectivity index (χ1) is 12.2. The Kier molecular flexibility index (Phi) is 6.10. The molecule has 1 N–H and O–H groups in total. The molecule has 1 aliphatic heterocycles. The fourth-order valence-electron chi connectivity index (χ4n) is 3.33. The van der Waals surface area contributed by atoms with Gasteiger partial charge in [-0.15, -0.1) is 11.3 Å². The molecule has 25 heavy (non-hydrogen) atoms. The Morgan fingerprint density at radius 3 is 2.60 bits per heavy atom. The van der Waals surface area contributed by atoms with Crippen LogP contribution in [0, 0.1) is 0 Å². The van der Waals surface area contributed by atoms with Gasteiger partial charge in [-0.3, -0.25) is 0 Å². The zero-order chi connectivity index (χ0) is 17.5. The zero-order valence-corrected chi connectivity index (χ0v) is 15.6. The van der Waals surface area contributed by atoms with Crippen LogP contribution < -0.4 is 5.32 Å². The third-order valence-corrected chi connectivity index (χ3v) is 5.72. The number of carbonyl (C=O) groups is 1. The van der Waals surface area contributed by atoms with Gasteiger partial charge in [0.05, 0.1) is 6.61 Å². The van der Waals surface area contributed by atoms with Crippen LogP contribution in [0.1, 0.15) is 24.6 Å². The Labute approximate surface area is 153 Å². The number of nitrogens with one attached hydrogen (secondary N) is 1. The van der Waals surface area contributed by atoms with Gasteiger partial charge in [0, 0.05) is 30.2 Å². The maximum absolute atomic E-state index is 12.7. The van der Waals surface area contributed by atoms with E-state index in [0.717, 1.165) is 44.6 Å². The number of hydrogen-bond acceptors (Lipinski definition) is 5. The van der Waals surface area contributed by atoms with Crippen LogP contribution in [0.3, 0.4) is 0 Å². The third-order valence-electron chi connectivity index (χ3n) is 4.79. The fraction of sp³-hybridized carbons (Fsp3) is 0.450. The second-order valence-corrected chi connectivity index (χ2v) is 7.50. The van der Waals surface area contributed by atoms with E-state index in [2.05, 4.69) is 27.7 Å². The lowest BCUT2D eigenvalue weighted by atomic mass is 9.87. The van der Waals surface area contributed by atoms with E-state index in [4.69, 9.17) is 4.74 Å². The normalized spacial score (nSPS) is 17.2. The number of piperidine rings is 1. The largest absolute Gasteiger partial charge is 0.464 e. The Bertz CT molecular complexity index is 650. The number of hydrogen-bond donors (Lipinski definition) is 1. The van der Waals surface area contributed by atoms with Gasteiger partial charge in [-0.25, -0.2) is 4.79 Å². The summed E-state index contributed by atoms with van der Waals surface area (Å²) in [4.78, 5) is 16.5. The van der Waals surface area contributed by atoms with Gasteiger partial charge < -0.3 is 15.0 Å². The molecule has 1 fully saturated rings. The average Bonchev–Trinajstić information content (AvgIpc) is 3.16. The van der Waals surface area contributed by atoms with Crippen molar-refractivity contribution in [3.8, 4) is 0 Å². The quantitative estimate of drug-likeness (QED) is 0.765. The molecule has 134 valence electrons. The van der Waals surface area contributed by atoms with Gasteiger partial charge in [0.15, 0.2) is 0 Å². The van der Waals surface area contributed by atoms with Gasteiger partial charge in [0.1, 0.15) is 5.54 Å². The highest BCUT2D eigenvalue weighted by Gasteiger charge is 2.42. The van der Waals surface area contributed by atoms with Crippen LogP contribution >= 0.6 is 11.3 Å². The molecule has 2 aromatic rings.